The summed E-state index contributed by atoms with van der Waals surface area (Å²) in [7, 11) is 1.28. The van der Waals surface area contributed by atoms with Crippen molar-refractivity contribution in [1.82, 2.24) is 15.6 Å². The molecule has 0 spiro atoms. The quantitative estimate of drug-likeness (QED) is 0.155. The Morgan fingerprint density at radius 1 is 0.956 bits per heavy atom. The second-order valence-corrected chi connectivity index (χ2v) is 12.3. The summed E-state index contributed by atoms with van der Waals surface area (Å²) in [5.74, 6) is 0.00473. The first-order valence-electron chi connectivity index (χ1n) is 14.9. The SMILES string of the molecule is COC(=O)NC(C(=O)Nc1ccccc1CC[C@@H]1CNC[C@@H](CSc2ccc(Cl)cc2)O1)[C@H](c1ccccc1)c1ccncc1. The molecular weight excluding hydrogens is 608 g/mol. The molecule has 5 rings (SSSR count). The predicted octanol–water partition coefficient (Wildman–Crippen LogP) is 6.31. The standard InChI is InChI=1S/C35H37ClN4O4S/c1-43-35(42)40-33(32(25-8-3-2-4-9-25)26-17-19-37-20-18-26)34(41)39-31-10-6-5-7-24(31)11-14-28-21-38-22-29(44-28)23-45-30-15-12-27(36)13-16-30/h2-10,12-13,15-20,28-29,32-33,38H,11,14,21-23H2,1H3,(H,39,41)(H,40,42)/t28-,29+,32-,33?/m1/s1. The number of anilines is 1. The van der Waals surface area contributed by atoms with Gasteiger partial charge in [-0.25, -0.2) is 4.79 Å². The van der Waals surface area contributed by atoms with Crippen LogP contribution in [0.1, 0.15) is 29.0 Å². The normalized spacial score (nSPS) is 17.6. The first-order chi connectivity index (χ1) is 22.0. The molecule has 45 heavy (non-hydrogen) atoms. The maximum absolute atomic E-state index is 14.0. The number of hydrogen-bond donors (Lipinski definition) is 3. The van der Waals surface area contributed by atoms with Crippen LogP contribution >= 0.6 is 23.4 Å². The average Bonchev–Trinajstić information content (AvgIpc) is 3.08. The Balaban J connectivity index is 1.27. The summed E-state index contributed by atoms with van der Waals surface area (Å²) >= 11 is 7.77. The predicted molar refractivity (Wildman–Crippen MR) is 179 cm³/mol. The topological polar surface area (TPSA) is 102 Å². The van der Waals surface area contributed by atoms with Crippen molar-refractivity contribution in [2.75, 3.05) is 31.3 Å². The third-order valence-corrected chi connectivity index (χ3v) is 9.08. The van der Waals surface area contributed by atoms with E-state index in [1.54, 1.807) is 24.2 Å². The summed E-state index contributed by atoms with van der Waals surface area (Å²) in [6.07, 6.45) is 4.29. The highest BCUT2D eigenvalue weighted by molar-refractivity contribution is 7.99. The van der Waals surface area contributed by atoms with Gasteiger partial charge < -0.3 is 25.4 Å². The van der Waals surface area contributed by atoms with Crippen molar-refractivity contribution in [3.63, 3.8) is 0 Å². The van der Waals surface area contributed by atoms with Gasteiger partial charge in [-0.05, 0) is 72.0 Å². The Morgan fingerprint density at radius 3 is 2.40 bits per heavy atom. The second kappa shape index (κ2) is 16.4. The summed E-state index contributed by atoms with van der Waals surface area (Å²) in [5.41, 5.74) is 3.40. The number of carbonyl (C=O) groups is 2. The molecule has 0 radical (unpaired) electrons. The number of amides is 2. The van der Waals surface area contributed by atoms with Crippen LogP contribution < -0.4 is 16.0 Å². The van der Waals surface area contributed by atoms with Gasteiger partial charge in [0.05, 0.1) is 19.3 Å². The van der Waals surface area contributed by atoms with Crippen molar-refractivity contribution >= 4 is 41.1 Å². The molecule has 0 saturated carbocycles. The molecule has 1 fully saturated rings. The minimum Gasteiger partial charge on any atom is -0.453 e. The Kier molecular flexibility index (Phi) is 11.9. The smallest absolute Gasteiger partial charge is 0.407 e. The molecule has 1 aromatic heterocycles. The number of aryl methyl sites for hydroxylation is 1. The van der Waals surface area contributed by atoms with Gasteiger partial charge in [-0.2, -0.15) is 0 Å². The number of hydrogen-bond acceptors (Lipinski definition) is 7. The molecule has 3 N–H and O–H groups in total. The number of pyridine rings is 1. The zero-order chi connectivity index (χ0) is 31.4. The van der Waals surface area contributed by atoms with Crippen LogP contribution in [-0.4, -0.2) is 61.2 Å². The average molecular weight is 645 g/mol. The van der Waals surface area contributed by atoms with Gasteiger partial charge in [-0.1, -0.05) is 60.1 Å². The third kappa shape index (κ3) is 9.31. The maximum Gasteiger partial charge on any atom is 0.407 e. The lowest BCUT2D eigenvalue weighted by Crippen LogP contribution is -2.48. The molecule has 1 aliphatic rings. The molecule has 4 atom stereocenters. The van der Waals surface area contributed by atoms with Crippen LogP contribution in [0, 0.1) is 0 Å². The minimum atomic E-state index is -0.958. The van der Waals surface area contributed by atoms with Gasteiger partial charge in [0.2, 0.25) is 5.91 Å². The summed E-state index contributed by atoms with van der Waals surface area (Å²) in [6.45, 7) is 1.57. The molecule has 2 heterocycles. The first-order valence-corrected chi connectivity index (χ1v) is 16.3. The largest absolute Gasteiger partial charge is 0.453 e. The number of nitrogens with zero attached hydrogens (tertiary/aromatic N) is 1. The van der Waals surface area contributed by atoms with E-state index in [1.165, 1.54) is 7.11 Å². The third-order valence-electron chi connectivity index (χ3n) is 7.69. The van der Waals surface area contributed by atoms with Gasteiger partial charge >= 0.3 is 6.09 Å². The fourth-order valence-corrected chi connectivity index (χ4v) is 6.47. The molecule has 0 bridgehead atoms. The number of aromatic nitrogens is 1. The highest BCUT2D eigenvalue weighted by atomic mass is 35.5. The lowest BCUT2D eigenvalue weighted by molar-refractivity contribution is -0.118. The van der Waals surface area contributed by atoms with Crippen LogP contribution in [0.25, 0.3) is 0 Å². The Morgan fingerprint density at radius 2 is 1.64 bits per heavy atom. The van der Waals surface area contributed by atoms with Crippen LogP contribution in [0.15, 0.2) is 108 Å². The summed E-state index contributed by atoms with van der Waals surface area (Å²) in [4.78, 5) is 31.8. The number of carbonyl (C=O) groups excluding carboxylic acids is 2. The number of alkyl carbamates (subject to hydrolysis) is 1. The van der Waals surface area contributed by atoms with Crippen LogP contribution in [0.5, 0.6) is 0 Å². The van der Waals surface area contributed by atoms with Gasteiger partial charge in [0.25, 0.3) is 0 Å². The van der Waals surface area contributed by atoms with Crippen LogP contribution in [0.4, 0.5) is 10.5 Å². The number of methoxy groups -OCH3 is 1. The fourth-order valence-electron chi connectivity index (χ4n) is 5.44. The number of thioether (sulfide) groups is 1. The van der Waals surface area contributed by atoms with E-state index < -0.39 is 18.1 Å². The highest BCUT2D eigenvalue weighted by Gasteiger charge is 2.33. The summed E-state index contributed by atoms with van der Waals surface area (Å²) in [6, 6.07) is 28.0. The van der Waals surface area contributed by atoms with Gasteiger partial charge in [0.1, 0.15) is 6.04 Å². The zero-order valence-electron chi connectivity index (χ0n) is 25.0. The lowest BCUT2D eigenvalue weighted by atomic mass is 9.85. The zero-order valence-corrected chi connectivity index (χ0v) is 26.6. The number of morpholine rings is 1. The molecule has 4 aromatic rings. The molecule has 1 saturated heterocycles. The fraction of sp³-hybridized carbons (Fsp3) is 0.286. The highest BCUT2D eigenvalue weighted by Crippen LogP contribution is 2.30. The van der Waals surface area contributed by atoms with Crippen molar-refractivity contribution in [3.05, 3.63) is 125 Å². The monoisotopic (exact) mass is 644 g/mol. The minimum absolute atomic E-state index is 0.0428. The number of halogens is 1. The van der Waals surface area contributed by atoms with Gasteiger partial charge in [-0.15, -0.1) is 11.8 Å². The van der Waals surface area contributed by atoms with Crippen LogP contribution in [-0.2, 0) is 20.7 Å². The summed E-state index contributed by atoms with van der Waals surface area (Å²) in [5, 5.41) is 10.1. The number of rotatable bonds is 12. The molecule has 2 amide bonds. The molecule has 1 aliphatic heterocycles. The van der Waals surface area contributed by atoms with Crippen molar-refractivity contribution < 1.29 is 19.1 Å². The van der Waals surface area contributed by atoms with E-state index in [0.29, 0.717) is 12.1 Å². The number of benzene rings is 3. The van der Waals surface area contributed by atoms with Crippen molar-refractivity contribution in [3.8, 4) is 0 Å². The lowest BCUT2D eigenvalue weighted by Gasteiger charge is -2.31. The molecule has 3 aromatic carbocycles. The molecule has 234 valence electrons. The van der Waals surface area contributed by atoms with Gasteiger partial charge in [0.15, 0.2) is 0 Å². The van der Waals surface area contributed by atoms with E-state index in [1.807, 2.05) is 91.0 Å². The Labute approximate surface area is 273 Å². The van der Waals surface area contributed by atoms with E-state index in [4.69, 9.17) is 21.1 Å². The van der Waals surface area contributed by atoms with E-state index in [0.717, 1.165) is 51.9 Å². The molecular formula is C35H37ClN4O4S. The van der Waals surface area contributed by atoms with E-state index in [-0.39, 0.29) is 18.1 Å². The summed E-state index contributed by atoms with van der Waals surface area (Å²) < 4.78 is 11.4. The molecule has 1 unspecified atom stereocenters. The van der Waals surface area contributed by atoms with Gasteiger partial charge in [0, 0.05) is 52.8 Å². The number of ether oxygens (including phenoxy) is 2. The molecule has 10 heteroatoms. The van der Waals surface area contributed by atoms with Crippen molar-refractivity contribution in [1.29, 1.82) is 0 Å². The van der Waals surface area contributed by atoms with Crippen LogP contribution in [0.3, 0.4) is 0 Å². The second-order valence-electron chi connectivity index (χ2n) is 10.8. The van der Waals surface area contributed by atoms with E-state index in [2.05, 4.69) is 20.9 Å². The van der Waals surface area contributed by atoms with Crippen LogP contribution in [0.2, 0.25) is 5.02 Å². The van der Waals surface area contributed by atoms with E-state index in [9.17, 15) is 9.59 Å². The number of para-hydroxylation sites is 1. The maximum atomic E-state index is 14.0. The number of nitrogens with one attached hydrogen (secondary N) is 3. The Hall–Kier alpha value is -3.89. The molecule has 8 nitrogen and oxygen atoms in total. The molecule has 0 aliphatic carbocycles. The van der Waals surface area contributed by atoms with Crippen molar-refractivity contribution in [2.45, 2.75) is 41.9 Å². The Bertz CT molecular complexity index is 1490. The van der Waals surface area contributed by atoms with Gasteiger partial charge in [-0.3, -0.25) is 9.78 Å². The van der Waals surface area contributed by atoms with E-state index >= 15 is 0 Å². The first kappa shape index (κ1) is 32.5. The van der Waals surface area contributed by atoms with Crippen molar-refractivity contribution in [2.24, 2.45) is 0 Å².